The van der Waals surface area contributed by atoms with Crippen molar-refractivity contribution in [3.63, 3.8) is 0 Å². The molecule has 0 heterocycles. The highest BCUT2D eigenvalue weighted by Crippen LogP contribution is 2.25. The number of nitrogens with one attached hydrogen (secondary N) is 1. The van der Waals surface area contributed by atoms with Gasteiger partial charge in [-0.2, -0.15) is 0 Å². The van der Waals surface area contributed by atoms with Crippen molar-refractivity contribution in [3.05, 3.63) is 34.3 Å². The standard InChI is InChI=1S/C16H24BrNO2/c1-11(2)15(13-5-7-14(17)8-6-13)16(19)18-9-10-20-12(3)4/h5-8,11-12,15H,9-10H2,1-4H3,(H,18,19). The molecule has 0 saturated heterocycles. The number of rotatable bonds is 7. The van der Waals surface area contributed by atoms with Crippen LogP contribution in [0.5, 0.6) is 0 Å². The van der Waals surface area contributed by atoms with Gasteiger partial charge >= 0.3 is 0 Å². The summed E-state index contributed by atoms with van der Waals surface area (Å²) in [6.45, 7) is 9.21. The maximum atomic E-state index is 12.3. The van der Waals surface area contributed by atoms with Crippen LogP contribution in [0.4, 0.5) is 0 Å². The average Bonchev–Trinajstić information content (AvgIpc) is 2.36. The van der Waals surface area contributed by atoms with Crippen molar-refractivity contribution in [2.45, 2.75) is 39.7 Å². The lowest BCUT2D eigenvalue weighted by Crippen LogP contribution is -2.34. The van der Waals surface area contributed by atoms with Crippen LogP contribution in [-0.4, -0.2) is 25.2 Å². The first kappa shape index (κ1) is 17.2. The molecule has 1 atom stereocenters. The van der Waals surface area contributed by atoms with Crippen LogP contribution in [0, 0.1) is 5.92 Å². The second-order valence-electron chi connectivity index (χ2n) is 5.48. The Hall–Kier alpha value is -0.870. The molecule has 1 unspecified atom stereocenters. The summed E-state index contributed by atoms with van der Waals surface area (Å²) in [5, 5.41) is 2.96. The first-order valence-corrected chi connectivity index (χ1v) is 7.86. The summed E-state index contributed by atoms with van der Waals surface area (Å²) in [6.07, 6.45) is 0.194. The molecule has 0 aliphatic rings. The van der Waals surface area contributed by atoms with E-state index in [9.17, 15) is 4.79 Å². The Bertz CT molecular complexity index is 415. The smallest absolute Gasteiger partial charge is 0.227 e. The SMILES string of the molecule is CC(C)OCCNC(=O)C(c1ccc(Br)cc1)C(C)C. The van der Waals surface area contributed by atoms with Gasteiger partial charge in [-0.15, -0.1) is 0 Å². The van der Waals surface area contributed by atoms with Crippen molar-refractivity contribution in [2.75, 3.05) is 13.2 Å². The molecule has 0 aliphatic heterocycles. The highest BCUT2D eigenvalue weighted by atomic mass is 79.9. The molecule has 1 amide bonds. The van der Waals surface area contributed by atoms with E-state index < -0.39 is 0 Å². The van der Waals surface area contributed by atoms with Crippen LogP contribution >= 0.6 is 15.9 Å². The number of amides is 1. The number of benzene rings is 1. The van der Waals surface area contributed by atoms with Crippen LogP contribution in [-0.2, 0) is 9.53 Å². The van der Waals surface area contributed by atoms with E-state index in [0.717, 1.165) is 10.0 Å². The first-order chi connectivity index (χ1) is 9.41. The molecule has 112 valence electrons. The Morgan fingerprint density at radius 1 is 1.20 bits per heavy atom. The lowest BCUT2D eigenvalue weighted by atomic mass is 9.88. The average molecular weight is 342 g/mol. The van der Waals surface area contributed by atoms with Gasteiger partial charge in [-0.1, -0.05) is 41.9 Å². The summed E-state index contributed by atoms with van der Waals surface area (Å²) in [5.41, 5.74) is 1.05. The fourth-order valence-electron chi connectivity index (χ4n) is 2.09. The summed E-state index contributed by atoms with van der Waals surface area (Å²) < 4.78 is 6.46. The van der Waals surface area contributed by atoms with Gasteiger partial charge in [0, 0.05) is 11.0 Å². The molecule has 0 saturated carbocycles. The topological polar surface area (TPSA) is 38.3 Å². The Balaban J connectivity index is 2.62. The number of hydrogen-bond donors (Lipinski definition) is 1. The molecule has 1 aromatic rings. The van der Waals surface area contributed by atoms with E-state index in [4.69, 9.17) is 4.74 Å². The Morgan fingerprint density at radius 2 is 1.80 bits per heavy atom. The summed E-state index contributed by atoms with van der Waals surface area (Å²) in [6, 6.07) is 7.94. The van der Waals surface area contributed by atoms with Crippen molar-refractivity contribution in [1.82, 2.24) is 5.32 Å². The van der Waals surface area contributed by atoms with E-state index in [2.05, 4.69) is 35.1 Å². The van der Waals surface area contributed by atoms with Crippen LogP contribution < -0.4 is 5.32 Å². The zero-order valence-electron chi connectivity index (χ0n) is 12.7. The van der Waals surface area contributed by atoms with Crippen LogP contribution in [0.3, 0.4) is 0 Å². The minimum atomic E-state index is -0.123. The highest BCUT2D eigenvalue weighted by molar-refractivity contribution is 9.10. The van der Waals surface area contributed by atoms with E-state index in [1.807, 2.05) is 38.1 Å². The molecular formula is C16H24BrNO2. The molecule has 0 radical (unpaired) electrons. The second-order valence-corrected chi connectivity index (χ2v) is 6.40. The predicted octanol–water partition coefficient (Wildman–Crippen LogP) is 3.73. The van der Waals surface area contributed by atoms with Crippen molar-refractivity contribution in [1.29, 1.82) is 0 Å². The molecule has 4 heteroatoms. The third-order valence-electron chi connectivity index (χ3n) is 3.03. The summed E-state index contributed by atoms with van der Waals surface area (Å²) in [7, 11) is 0. The Kier molecular flexibility index (Phi) is 7.24. The predicted molar refractivity (Wildman–Crippen MR) is 85.8 cm³/mol. The lowest BCUT2D eigenvalue weighted by Gasteiger charge is -2.21. The van der Waals surface area contributed by atoms with Crippen LogP contribution in [0.25, 0.3) is 0 Å². The van der Waals surface area contributed by atoms with Gasteiger partial charge in [-0.3, -0.25) is 4.79 Å². The Labute approximate surface area is 130 Å². The van der Waals surface area contributed by atoms with Crippen molar-refractivity contribution in [3.8, 4) is 0 Å². The summed E-state index contributed by atoms with van der Waals surface area (Å²) >= 11 is 3.42. The van der Waals surface area contributed by atoms with Gasteiger partial charge in [-0.05, 0) is 37.5 Å². The van der Waals surface area contributed by atoms with Gasteiger partial charge in [0.05, 0.1) is 18.6 Å². The number of hydrogen-bond acceptors (Lipinski definition) is 2. The van der Waals surface area contributed by atoms with Crippen LogP contribution in [0.2, 0.25) is 0 Å². The molecule has 0 aromatic heterocycles. The number of ether oxygens (including phenoxy) is 1. The van der Waals surface area contributed by atoms with Crippen molar-refractivity contribution in [2.24, 2.45) is 5.92 Å². The molecule has 0 spiro atoms. The monoisotopic (exact) mass is 341 g/mol. The van der Waals surface area contributed by atoms with Crippen molar-refractivity contribution >= 4 is 21.8 Å². The van der Waals surface area contributed by atoms with Gasteiger partial charge < -0.3 is 10.1 Å². The van der Waals surface area contributed by atoms with Crippen LogP contribution in [0.1, 0.15) is 39.2 Å². The van der Waals surface area contributed by atoms with E-state index in [1.54, 1.807) is 0 Å². The number of carbonyl (C=O) groups excluding carboxylic acids is 1. The minimum Gasteiger partial charge on any atom is -0.377 e. The molecule has 20 heavy (non-hydrogen) atoms. The van der Waals surface area contributed by atoms with Gasteiger partial charge in [0.1, 0.15) is 0 Å². The quantitative estimate of drug-likeness (QED) is 0.767. The van der Waals surface area contributed by atoms with E-state index in [1.165, 1.54) is 0 Å². The largest absolute Gasteiger partial charge is 0.377 e. The van der Waals surface area contributed by atoms with E-state index in [-0.39, 0.29) is 23.8 Å². The molecule has 1 rings (SSSR count). The Morgan fingerprint density at radius 3 is 2.30 bits per heavy atom. The zero-order valence-corrected chi connectivity index (χ0v) is 14.2. The fraction of sp³-hybridized carbons (Fsp3) is 0.562. The molecule has 0 fully saturated rings. The number of carbonyl (C=O) groups is 1. The van der Waals surface area contributed by atoms with Crippen LogP contribution in [0.15, 0.2) is 28.7 Å². The highest BCUT2D eigenvalue weighted by Gasteiger charge is 2.23. The van der Waals surface area contributed by atoms with E-state index in [0.29, 0.717) is 13.2 Å². The zero-order chi connectivity index (χ0) is 15.1. The first-order valence-electron chi connectivity index (χ1n) is 7.06. The third kappa shape index (κ3) is 5.63. The third-order valence-corrected chi connectivity index (χ3v) is 3.56. The maximum Gasteiger partial charge on any atom is 0.227 e. The van der Waals surface area contributed by atoms with Gasteiger partial charge in [0.15, 0.2) is 0 Å². The molecule has 1 N–H and O–H groups in total. The lowest BCUT2D eigenvalue weighted by molar-refractivity contribution is -0.123. The molecular weight excluding hydrogens is 318 g/mol. The van der Waals surface area contributed by atoms with Gasteiger partial charge in [0.25, 0.3) is 0 Å². The number of halogens is 1. The van der Waals surface area contributed by atoms with Gasteiger partial charge in [-0.25, -0.2) is 0 Å². The molecule has 3 nitrogen and oxygen atoms in total. The van der Waals surface area contributed by atoms with Gasteiger partial charge in [0.2, 0.25) is 5.91 Å². The normalized spacial score (nSPS) is 12.8. The molecule has 1 aromatic carbocycles. The molecule has 0 bridgehead atoms. The molecule has 0 aliphatic carbocycles. The minimum absolute atomic E-state index is 0.0645. The van der Waals surface area contributed by atoms with E-state index >= 15 is 0 Å². The summed E-state index contributed by atoms with van der Waals surface area (Å²) in [5.74, 6) is 0.194. The summed E-state index contributed by atoms with van der Waals surface area (Å²) in [4.78, 5) is 12.3. The van der Waals surface area contributed by atoms with Crippen molar-refractivity contribution < 1.29 is 9.53 Å². The maximum absolute atomic E-state index is 12.3. The second kappa shape index (κ2) is 8.42. The fourth-order valence-corrected chi connectivity index (χ4v) is 2.35.